The SMILES string of the molecule is CNC1CCCCC1SC1CCCC1. The molecule has 82 valence electrons. The van der Waals surface area contributed by atoms with Crippen LogP contribution in [-0.2, 0) is 0 Å². The molecule has 2 fully saturated rings. The van der Waals surface area contributed by atoms with Crippen molar-refractivity contribution in [3.63, 3.8) is 0 Å². The Morgan fingerprint density at radius 3 is 2.29 bits per heavy atom. The van der Waals surface area contributed by atoms with E-state index in [0.29, 0.717) is 0 Å². The molecule has 0 amide bonds. The molecule has 0 aromatic rings. The number of nitrogens with one attached hydrogen (secondary N) is 1. The van der Waals surface area contributed by atoms with Crippen molar-refractivity contribution in [1.29, 1.82) is 0 Å². The maximum Gasteiger partial charge on any atom is 0.0203 e. The normalized spacial score (nSPS) is 34.9. The second-order valence-electron chi connectivity index (χ2n) is 4.76. The van der Waals surface area contributed by atoms with Crippen LogP contribution in [0.4, 0.5) is 0 Å². The van der Waals surface area contributed by atoms with Gasteiger partial charge in [0.05, 0.1) is 0 Å². The zero-order valence-electron chi connectivity index (χ0n) is 9.30. The molecular weight excluding hydrogens is 190 g/mol. The topological polar surface area (TPSA) is 12.0 Å². The van der Waals surface area contributed by atoms with Gasteiger partial charge in [-0.2, -0.15) is 11.8 Å². The summed E-state index contributed by atoms with van der Waals surface area (Å²) in [6.45, 7) is 0. The Balaban J connectivity index is 1.81. The van der Waals surface area contributed by atoms with Gasteiger partial charge in [-0.15, -0.1) is 0 Å². The van der Waals surface area contributed by atoms with Crippen LogP contribution in [0.25, 0.3) is 0 Å². The summed E-state index contributed by atoms with van der Waals surface area (Å²) in [4.78, 5) is 0. The van der Waals surface area contributed by atoms with Crippen molar-refractivity contribution in [1.82, 2.24) is 5.32 Å². The molecule has 1 N–H and O–H groups in total. The lowest BCUT2D eigenvalue weighted by atomic mass is 9.95. The predicted octanol–water partition coefficient (Wildman–Crippen LogP) is 3.19. The molecule has 2 aliphatic carbocycles. The fourth-order valence-electron chi connectivity index (χ4n) is 2.86. The smallest absolute Gasteiger partial charge is 0.0203 e. The van der Waals surface area contributed by atoms with E-state index in [9.17, 15) is 0 Å². The van der Waals surface area contributed by atoms with E-state index in [1.165, 1.54) is 51.4 Å². The number of hydrogen-bond acceptors (Lipinski definition) is 2. The summed E-state index contributed by atoms with van der Waals surface area (Å²) in [5, 5.41) is 5.42. The van der Waals surface area contributed by atoms with E-state index in [1.807, 2.05) is 0 Å². The van der Waals surface area contributed by atoms with Crippen LogP contribution in [-0.4, -0.2) is 23.6 Å². The summed E-state index contributed by atoms with van der Waals surface area (Å²) in [7, 11) is 2.14. The zero-order chi connectivity index (χ0) is 9.80. The van der Waals surface area contributed by atoms with Gasteiger partial charge in [0.1, 0.15) is 0 Å². The molecule has 0 aromatic heterocycles. The van der Waals surface area contributed by atoms with Gasteiger partial charge in [-0.05, 0) is 32.7 Å². The summed E-state index contributed by atoms with van der Waals surface area (Å²) >= 11 is 2.30. The molecule has 0 aliphatic heterocycles. The first-order chi connectivity index (χ1) is 6.90. The van der Waals surface area contributed by atoms with Crippen molar-refractivity contribution in [2.45, 2.75) is 67.9 Å². The minimum atomic E-state index is 0.800. The van der Waals surface area contributed by atoms with Gasteiger partial charge in [-0.3, -0.25) is 0 Å². The van der Waals surface area contributed by atoms with E-state index >= 15 is 0 Å². The lowest BCUT2D eigenvalue weighted by Crippen LogP contribution is -2.39. The molecule has 2 saturated carbocycles. The van der Waals surface area contributed by atoms with Crippen LogP contribution in [0, 0.1) is 0 Å². The highest BCUT2D eigenvalue weighted by atomic mass is 32.2. The Hall–Kier alpha value is 0.310. The third-order valence-electron chi connectivity index (χ3n) is 3.74. The highest BCUT2D eigenvalue weighted by Crippen LogP contribution is 2.37. The fraction of sp³-hybridized carbons (Fsp3) is 1.00. The van der Waals surface area contributed by atoms with E-state index < -0.39 is 0 Å². The van der Waals surface area contributed by atoms with Gasteiger partial charge in [-0.1, -0.05) is 25.7 Å². The van der Waals surface area contributed by atoms with E-state index in [-0.39, 0.29) is 0 Å². The van der Waals surface area contributed by atoms with Gasteiger partial charge in [0, 0.05) is 16.5 Å². The van der Waals surface area contributed by atoms with Crippen LogP contribution < -0.4 is 5.32 Å². The lowest BCUT2D eigenvalue weighted by molar-refractivity contribution is 0.404. The van der Waals surface area contributed by atoms with E-state index in [2.05, 4.69) is 24.1 Å². The van der Waals surface area contributed by atoms with E-state index in [4.69, 9.17) is 0 Å². The van der Waals surface area contributed by atoms with Crippen molar-refractivity contribution < 1.29 is 0 Å². The standard InChI is InChI=1S/C12H23NS/c1-13-11-8-4-5-9-12(11)14-10-6-2-3-7-10/h10-13H,2-9H2,1H3. The Labute approximate surface area is 92.4 Å². The monoisotopic (exact) mass is 213 g/mol. The Kier molecular flexibility index (Phi) is 4.18. The molecule has 0 heterocycles. The van der Waals surface area contributed by atoms with Gasteiger partial charge >= 0.3 is 0 Å². The van der Waals surface area contributed by atoms with Crippen molar-refractivity contribution in [2.75, 3.05) is 7.05 Å². The second kappa shape index (κ2) is 5.41. The summed E-state index contributed by atoms with van der Waals surface area (Å²) in [6.07, 6.45) is 11.7. The molecule has 0 spiro atoms. The molecule has 0 radical (unpaired) electrons. The molecule has 1 nitrogen and oxygen atoms in total. The fourth-order valence-corrected chi connectivity index (χ4v) is 4.73. The van der Waals surface area contributed by atoms with Gasteiger partial charge in [0.25, 0.3) is 0 Å². The average Bonchev–Trinajstić information content (AvgIpc) is 2.71. The molecule has 2 heteroatoms. The Bertz CT molecular complexity index is 166. The average molecular weight is 213 g/mol. The predicted molar refractivity (Wildman–Crippen MR) is 65.0 cm³/mol. The minimum absolute atomic E-state index is 0.800. The van der Waals surface area contributed by atoms with Crippen molar-refractivity contribution in [2.24, 2.45) is 0 Å². The van der Waals surface area contributed by atoms with E-state index in [0.717, 1.165) is 16.5 Å². The van der Waals surface area contributed by atoms with E-state index in [1.54, 1.807) is 0 Å². The maximum absolute atomic E-state index is 3.51. The number of hydrogen-bond donors (Lipinski definition) is 1. The molecule has 14 heavy (non-hydrogen) atoms. The van der Waals surface area contributed by atoms with Gasteiger partial charge in [0.15, 0.2) is 0 Å². The summed E-state index contributed by atoms with van der Waals surface area (Å²) < 4.78 is 0. The van der Waals surface area contributed by atoms with Crippen LogP contribution in [0.15, 0.2) is 0 Å². The third-order valence-corrected chi connectivity index (χ3v) is 5.51. The molecule has 2 rings (SSSR count). The highest BCUT2D eigenvalue weighted by molar-refractivity contribution is 8.00. The van der Waals surface area contributed by atoms with Crippen LogP contribution in [0.5, 0.6) is 0 Å². The molecule has 0 aromatic carbocycles. The molecule has 2 unspecified atom stereocenters. The summed E-state index contributed by atoms with van der Waals surface area (Å²) in [5.74, 6) is 0. The molecule has 2 aliphatic rings. The van der Waals surface area contributed by atoms with Gasteiger partial charge in [0.2, 0.25) is 0 Å². The van der Waals surface area contributed by atoms with Crippen molar-refractivity contribution in [3.8, 4) is 0 Å². The first-order valence-electron chi connectivity index (χ1n) is 6.23. The second-order valence-corrected chi connectivity index (χ2v) is 6.30. The third kappa shape index (κ3) is 2.66. The minimum Gasteiger partial charge on any atom is -0.316 e. The largest absolute Gasteiger partial charge is 0.316 e. The molecular formula is C12H23NS. The number of rotatable bonds is 3. The Morgan fingerprint density at radius 2 is 1.57 bits per heavy atom. The zero-order valence-corrected chi connectivity index (χ0v) is 10.1. The van der Waals surface area contributed by atoms with Crippen LogP contribution in [0.3, 0.4) is 0 Å². The summed E-state index contributed by atoms with van der Waals surface area (Å²) in [6, 6.07) is 0.800. The summed E-state index contributed by atoms with van der Waals surface area (Å²) in [5.41, 5.74) is 0. The quantitative estimate of drug-likeness (QED) is 0.772. The first kappa shape index (κ1) is 10.8. The van der Waals surface area contributed by atoms with Gasteiger partial charge < -0.3 is 5.32 Å². The molecule has 0 saturated heterocycles. The van der Waals surface area contributed by atoms with Gasteiger partial charge in [-0.25, -0.2) is 0 Å². The highest BCUT2D eigenvalue weighted by Gasteiger charge is 2.28. The molecule has 0 bridgehead atoms. The van der Waals surface area contributed by atoms with Crippen molar-refractivity contribution in [3.05, 3.63) is 0 Å². The van der Waals surface area contributed by atoms with Crippen molar-refractivity contribution >= 4 is 11.8 Å². The molecule has 2 atom stereocenters. The first-order valence-corrected chi connectivity index (χ1v) is 7.17. The maximum atomic E-state index is 3.51. The van der Waals surface area contributed by atoms with Crippen LogP contribution in [0.2, 0.25) is 0 Å². The lowest BCUT2D eigenvalue weighted by Gasteiger charge is -2.32. The van der Waals surface area contributed by atoms with Crippen LogP contribution in [0.1, 0.15) is 51.4 Å². The Morgan fingerprint density at radius 1 is 0.929 bits per heavy atom. The number of thioether (sulfide) groups is 1. The van der Waals surface area contributed by atoms with Crippen LogP contribution >= 0.6 is 11.8 Å².